The van der Waals surface area contributed by atoms with Crippen LogP contribution in [0.5, 0.6) is 0 Å². The maximum Gasteiger partial charge on any atom is 0.472 e. The maximum atomic E-state index is 12.9. The molecule has 79 heavy (non-hydrogen) atoms. The molecule has 0 bridgehead atoms. The maximum absolute atomic E-state index is 12.9. The molecule has 0 fully saturated rings. The van der Waals surface area contributed by atoms with Crippen molar-refractivity contribution in [3.8, 4) is 0 Å². The lowest BCUT2D eigenvalue weighted by Crippen LogP contribution is -2.30. The summed E-state index contributed by atoms with van der Waals surface area (Å²) in [6.07, 6.45) is 36.4. The minimum Gasteiger partial charge on any atom is -0.462 e. The van der Waals surface area contributed by atoms with E-state index >= 15 is 0 Å². The number of phosphoric acid groups is 2. The molecule has 0 amide bonds. The number of ether oxygens (including phenoxy) is 4. The first-order valence-electron chi connectivity index (χ1n) is 31.7. The molecule has 3 unspecified atom stereocenters. The summed E-state index contributed by atoms with van der Waals surface area (Å²) < 4.78 is 67.6. The Kier molecular flexibility index (Phi) is 52.7. The van der Waals surface area contributed by atoms with E-state index in [1.165, 1.54) is 116 Å². The second-order valence-electron chi connectivity index (χ2n) is 22.0. The van der Waals surface area contributed by atoms with Gasteiger partial charge in [-0.2, -0.15) is 0 Å². The van der Waals surface area contributed by atoms with E-state index in [2.05, 4.69) is 34.6 Å². The van der Waals surface area contributed by atoms with E-state index in [9.17, 15) is 43.2 Å². The lowest BCUT2D eigenvalue weighted by molar-refractivity contribution is -0.161. The standard InChI is InChI=1S/C60H116O17P2/c1-6-10-13-16-18-20-21-26-29-34-39-44-58(63)71-50-56(77-60(65)46-41-36-31-27-23-22-25-28-33-37-42-53(5)9-4)52-75-79(68,69)73-48-54(61)47-72-78(66,67)74-51-55(49-70-57(62)43-38-32-15-12-8-3)76-59(64)45-40-35-30-24-19-17-14-11-7-2/h53-56,61H,6-52H2,1-5H3,(H,66,67)(H,68,69)/t53?,54-,55+,56+/m0/s1. The molecule has 0 heterocycles. The predicted molar refractivity (Wildman–Crippen MR) is 312 cm³/mol. The highest BCUT2D eigenvalue weighted by Gasteiger charge is 2.30. The first-order valence-corrected chi connectivity index (χ1v) is 34.7. The molecule has 0 radical (unpaired) electrons. The normalized spacial score (nSPS) is 14.7. The van der Waals surface area contributed by atoms with Crippen molar-refractivity contribution >= 4 is 39.5 Å². The lowest BCUT2D eigenvalue weighted by Gasteiger charge is -2.21. The number of hydrogen-bond acceptors (Lipinski definition) is 15. The topological polar surface area (TPSA) is 237 Å². The Morgan fingerprint density at radius 3 is 0.899 bits per heavy atom. The smallest absolute Gasteiger partial charge is 0.462 e. The van der Waals surface area contributed by atoms with E-state index in [-0.39, 0.29) is 25.7 Å². The third kappa shape index (κ3) is 53.8. The second-order valence-corrected chi connectivity index (χ2v) is 24.9. The molecule has 0 aromatic carbocycles. The molecule has 17 nitrogen and oxygen atoms in total. The molecule has 0 aliphatic heterocycles. The minimum absolute atomic E-state index is 0.105. The zero-order valence-corrected chi connectivity index (χ0v) is 52.3. The van der Waals surface area contributed by atoms with Gasteiger partial charge >= 0.3 is 39.5 Å². The number of hydrogen-bond donors (Lipinski definition) is 3. The molecular formula is C60H116O17P2. The van der Waals surface area contributed by atoms with Crippen molar-refractivity contribution in [1.29, 1.82) is 0 Å². The highest BCUT2D eigenvalue weighted by atomic mass is 31.2. The highest BCUT2D eigenvalue weighted by molar-refractivity contribution is 7.47. The quantitative estimate of drug-likeness (QED) is 0.0222. The van der Waals surface area contributed by atoms with Gasteiger partial charge in [0, 0.05) is 25.7 Å². The number of carbonyl (C=O) groups is 4. The average molecular weight is 1170 g/mol. The first-order chi connectivity index (χ1) is 38.1. The summed E-state index contributed by atoms with van der Waals surface area (Å²) >= 11 is 0. The van der Waals surface area contributed by atoms with Crippen LogP contribution in [0.25, 0.3) is 0 Å². The Balaban J connectivity index is 5.18. The van der Waals surface area contributed by atoms with Crippen LogP contribution in [0.1, 0.15) is 298 Å². The fourth-order valence-electron chi connectivity index (χ4n) is 8.84. The molecule has 0 aliphatic rings. The molecule has 0 rings (SSSR count). The molecule has 0 aliphatic carbocycles. The van der Waals surface area contributed by atoms with Gasteiger partial charge in [-0.3, -0.25) is 37.3 Å². The molecule has 0 saturated carbocycles. The van der Waals surface area contributed by atoms with Gasteiger partial charge in [0.15, 0.2) is 12.2 Å². The fraction of sp³-hybridized carbons (Fsp3) is 0.933. The number of carbonyl (C=O) groups excluding carboxylic acids is 4. The molecule has 0 aromatic rings. The van der Waals surface area contributed by atoms with Crippen LogP contribution in [0, 0.1) is 5.92 Å². The van der Waals surface area contributed by atoms with Gasteiger partial charge in [0.05, 0.1) is 26.4 Å². The molecule has 0 aromatic heterocycles. The Morgan fingerprint density at radius 2 is 0.608 bits per heavy atom. The van der Waals surface area contributed by atoms with Gasteiger partial charge in [0.1, 0.15) is 19.3 Å². The van der Waals surface area contributed by atoms with Crippen molar-refractivity contribution in [2.75, 3.05) is 39.6 Å². The molecule has 19 heteroatoms. The summed E-state index contributed by atoms with van der Waals surface area (Å²) in [5.74, 6) is -1.35. The fourth-order valence-corrected chi connectivity index (χ4v) is 10.4. The molecule has 6 atom stereocenters. The van der Waals surface area contributed by atoms with Crippen molar-refractivity contribution < 1.29 is 80.2 Å². The monoisotopic (exact) mass is 1170 g/mol. The Morgan fingerprint density at radius 1 is 0.354 bits per heavy atom. The van der Waals surface area contributed by atoms with Gasteiger partial charge in [0.25, 0.3) is 0 Å². The summed E-state index contributed by atoms with van der Waals surface area (Å²) in [4.78, 5) is 71.7. The summed E-state index contributed by atoms with van der Waals surface area (Å²) in [6, 6.07) is 0. The summed E-state index contributed by atoms with van der Waals surface area (Å²) in [6.45, 7) is 7.08. The number of phosphoric ester groups is 2. The summed E-state index contributed by atoms with van der Waals surface area (Å²) in [5, 5.41) is 10.5. The van der Waals surface area contributed by atoms with Crippen molar-refractivity contribution in [2.24, 2.45) is 5.92 Å². The first kappa shape index (κ1) is 77.1. The van der Waals surface area contributed by atoms with E-state index in [0.717, 1.165) is 102 Å². The largest absolute Gasteiger partial charge is 0.472 e. The molecular weight excluding hydrogens is 1050 g/mol. The summed E-state index contributed by atoms with van der Waals surface area (Å²) in [5.41, 5.74) is 0. The Hall–Kier alpha value is -1.94. The molecule has 3 N–H and O–H groups in total. The molecule has 0 spiro atoms. The van der Waals surface area contributed by atoms with Gasteiger partial charge in [-0.1, -0.05) is 247 Å². The second kappa shape index (κ2) is 54.0. The van der Waals surface area contributed by atoms with E-state index in [1.54, 1.807) is 0 Å². The van der Waals surface area contributed by atoms with Crippen molar-refractivity contribution in [1.82, 2.24) is 0 Å². The van der Waals surface area contributed by atoms with Crippen LogP contribution < -0.4 is 0 Å². The number of esters is 4. The van der Waals surface area contributed by atoms with Crippen LogP contribution in [0.2, 0.25) is 0 Å². The number of unbranched alkanes of at least 4 members (excludes halogenated alkanes) is 31. The van der Waals surface area contributed by atoms with E-state index in [0.29, 0.717) is 25.7 Å². The van der Waals surface area contributed by atoms with Crippen molar-refractivity contribution in [2.45, 2.75) is 316 Å². The van der Waals surface area contributed by atoms with Crippen LogP contribution in [0.15, 0.2) is 0 Å². The van der Waals surface area contributed by atoms with E-state index < -0.39 is 97.5 Å². The van der Waals surface area contributed by atoms with Crippen molar-refractivity contribution in [3.63, 3.8) is 0 Å². The predicted octanol–water partition coefficient (Wildman–Crippen LogP) is 16.2. The van der Waals surface area contributed by atoms with Gasteiger partial charge in [-0.05, 0) is 31.6 Å². The van der Waals surface area contributed by atoms with Gasteiger partial charge in [-0.25, -0.2) is 9.13 Å². The minimum atomic E-state index is -4.94. The third-order valence-electron chi connectivity index (χ3n) is 14.1. The van der Waals surface area contributed by atoms with Crippen LogP contribution >= 0.6 is 15.6 Å². The number of aliphatic hydroxyl groups excluding tert-OH is 1. The van der Waals surface area contributed by atoms with Crippen molar-refractivity contribution in [3.05, 3.63) is 0 Å². The Bertz CT molecular complexity index is 1550. The highest BCUT2D eigenvalue weighted by Crippen LogP contribution is 2.45. The average Bonchev–Trinajstić information content (AvgIpc) is 3.42. The third-order valence-corrected chi connectivity index (χ3v) is 16.0. The van der Waals surface area contributed by atoms with Crippen LogP contribution in [-0.2, 0) is 65.4 Å². The zero-order chi connectivity index (χ0) is 58.5. The SMILES string of the molecule is CCCCCCCCCCCCCC(=O)OC[C@H](COP(=O)(O)OC[C@@H](O)COP(=O)(O)OC[C@@H](COC(=O)CCCCCCC)OC(=O)CCCCCCCCCCC)OC(=O)CCCCCCCCCCCCC(C)CC. The van der Waals surface area contributed by atoms with Gasteiger partial charge < -0.3 is 33.8 Å². The van der Waals surface area contributed by atoms with E-state index in [1.807, 2.05) is 0 Å². The van der Waals surface area contributed by atoms with E-state index in [4.69, 9.17) is 37.0 Å². The van der Waals surface area contributed by atoms with Crippen LogP contribution in [0.4, 0.5) is 0 Å². The van der Waals surface area contributed by atoms with Gasteiger partial charge in [-0.15, -0.1) is 0 Å². The summed E-state index contributed by atoms with van der Waals surface area (Å²) in [7, 11) is -9.87. The van der Waals surface area contributed by atoms with Gasteiger partial charge in [0.2, 0.25) is 0 Å². The van der Waals surface area contributed by atoms with Crippen LogP contribution in [0.3, 0.4) is 0 Å². The molecule has 468 valence electrons. The number of aliphatic hydroxyl groups is 1. The zero-order valence-electron chi connectivity index (χ0n) is 50.5. The number of rotatable bonds is 60. The lowest BCUT2D eigenvalue weighted by atomic mass is 9.99. The van der Waals surface area contributed by atoms with Crippen LogP contribution in [-0.4, -0.2) is 96.7 Å². The Labute approximate surface area is 479 Å². The molecule has 0 saturated heterocycles.